The monoisotopic (exact) mass is 603 g/mol. The molecule has 1 atom stereocenters. The molecule has 6 nitrogen and oxygen atoms in total. The molecule has 12 heteroatoms. The van der Waals surface area contributed by atoms with Gasteiger partial charge in [-0.15, -0.1) is 4.72 Å². The molecular weight excluding hydrogens is 565 g/mol. The van der Waals surface area contributed by atoms with E-state index in [1.807, 2.05) is 0 Å². The fourth-order valence-electron chi connectivity index (χ4n) is 5.40. The first kappa shape index (κ1) is 31.8. The van der Waals surface area contributed by atoms with Crippen molar-refractivity contribution >= 4 is 17.3 Å². The van der Waals surface area contributed by atoms with Crippen molar-refractivity contribution in [2.24, 2.45) is 5.92 Å². The molecule has 1 aromatic heterocycles. The Labute approximate surface area is 240 Å². The predicted molar refractivity (Wildman–Crippen MR) is 147 cm³/mol. The minimum absolute atomic E-state index is 0.0792. The van der Waals surface area contributed by atoms with Crippen LogP contribution in [0.5, 0.6) is 0 Å². The highest BCUT2D eigenvalue weighted by Gasteiger charge is 2.40. The van der Waals surface area contributed by atoms with Gasteiger partial charge >= 0.3 is 6.18 Å². The Bertz CT molecular complexity index is 1230. The Kier molecular flexibility index (Phi) is 9.47. The van der Waals surface area contributed by atoms with Crippen LogP contribution in [0.1, 0.15) is 80.9 Å². The molecule has 0 radical (unpaired) electrons. The maximum atomic E-state index is 14.2. The summed E-state index contributed by atoms with van der Waals surface area (Å²) in [4.78, 5) is 12.9. The van der Waals surface area contributed by atoms with E-state index in [1.54, 1.807) is 38.3 Å². The number of hydrogen-bond donors (Lipinski definition) is 2. The van der Waals surface area contributed by atoms with Gasteiger partial charge in [-0.3, -0.25) is 4.79 Å². The summed E-state index contributed by atoms with van der Waals surface area (Å²) in [5.74, 6) is -3.17. The van der Waals surface area contributed by atoms with Crippen LogP contribution in [0.4, 0.5) is 22.0 Å². The van der Waals surface area contributed by atoms with Gasteiger partial charge in [-0.1, -0.05) is 0 Å². The molecule has 1 saturated carbocycles. The van der Waals surface area contributed by atoms with Crippen LogP contribution in [-0.4, -0.2) is 45.7 Å². The summed E-state index contributed by atoms with van der Waals surface area (Å²) in [6.07, 6.45) is -3.41. The lowest BCUT2D eigenvalue weighted by Crippen LogP contribution is -2.41. The summed E-state index contributed by atoms with van der Waals surface area (Å²) in [5, 5.41) is 3.00. The summed E-state index contributed by atoms with van der Waals surface area (Å²) < 4.78 is 93.1. The SMILES string of the molecule is Cc1c(C(=O)NC2CCOCC2)cc(-c2ccc([S+]([O-])NC(C)(C)C)c(C(F)(F)F)c2)n1CC1CCC(F)(F)CC1. The van der Waals surface area contributed by atoms with Gasteiger partial charge in [0.25, 0.3) is 5.91 Å². The number of amides is 1. The summed E-state index contributed by atoms with van der Waals surface area (Å²) in [5.41, 5.74) is -0.282. The van der Waals surface area contributed by atoms with Crippen LogP contribution in [0.15, 0.2) is 29.2 Å². The van der Waals surface area contributed by atoms with E-state index >= 15 is 0 Å². The van der Waals surface area contributed by atoms with E-state index in [9.17, 15) is 31.3 Å². The quantitative estimate of drug-likeness (QED) is 0.275. The fourth-order valence-corrected chi connectivity index (χ4v) is 6.63. The van der Waals surface area contributed by atoms with Gasteiger partial charge in [-0.05, 0) is 89.1 Å². The van der Waals surface area contributed by atoms with Crippen LogP contribution in [0, 0.1) is 12.8 Å². The van der Waals surface area contributed by atoms with Crippen molar-refractivity contribution in [2.75, 3.05) is 13.2 Å². The number of ether oxygens (including phenoxy) is 1. The minimum Gasteiger partial charge on any atom is -0.593 e. The van der Waals surface area contributed by atoms with Crippen LogP contribution in [0.2, 0.25) is 0 Å². The van der Waals surface area contributed by atoms with Crippen LogP contribution in [0.3, 0.4) is 0 Å². The number of carbonyl (C=O) groups excluding carboxylic acids is 1. The molecule has 2 N–H and O–H groups in total. The number of halogens is 5. The van der Waals surface area contributed by atoms with Crippen LogP contribution in [-0.2, 0) is 28.8 Å². The van der Waals surface area contributed by atoms with Crippen molar-refractivity contribution in [3.05, 3.63) is 41.1 Å². The standard InChI is InChI=1S/C29H38F5N3O3S/c1-18-22(26(38)35-21-9-13-40-14-10-21)16-24(37(18)17-19-7-11-28(30,31)12-8-19)20-5-6-25(23(15-20)29(32,33)34)41(39)36-27(2,3)4/h5-6,15-16,19,21,36H,7-14,17H2,1-4H3,(H,35,38). The Morgan fingerprint density at radius 3 is 2.32 bits per heavy atom. The lowest BCUT2D eigenvalue weighted by molar-refractivity contribution is -0.139. The van der Waals surface area contributed by atoms with E-state index in [4.69, 9.17) is 4.74 Å². The molecule has 1 amide bonds. The Morgan fingerprint density at radius 2 is 1.73 bits per heavy atom. The molecule has 2 heterocycles. The summed E-state index contributed by atoms with van der Waals surface area (Å²) >= 11 is -2.13. The van der Waals surface area contributed by atoms with Crippen LogP contribution in [0.25, 0.3) is 11.3 Å². The second-order valence-corrected chi connectivity index (χ2v) is 13.3. The second kappa shape index (κ2) is 12.2. The third kappa shape index (κ3) is 8.03. The van der Waals surface area contributed by atoms with Crippen molar-refractivity contribution in [3.63, 3.8) is 0 Å². The maximum absolute atomic E-state index is 14.2. The number of hydrogen-bond acceptors (Lipinski definition) is 4. The summed E-state index contributed by atoms with van der Waals surface area (Å²) in [6.45, 7) is 8.19. The zero-order chi connectivity index (χ0) is 30.2. The van der Waals surface area contributed by atoms with Crippen molar-refractivity contribution in [3.8, 4) is 11.3 Å². The van der Waals surface area contributed by atoms with Gasteiger partial charge < -0.3 is 19.2 Å². The first-order chi connectivity index (χ1) is 19.0. The van der Waals surface area contributed by atoms with Gasteiger partial charge in [0, 0.05) is 50.0 Å². The first-order valence-corrected chi connectivity index (χ1v) is 15.1. The van der Waals surface area contributed by atoms with Crippen molar-refractivity contribution in [1.29, 1.82) is 0 Å². The highest BCUT2D eigenvalue weighted by Crippen LogP contribution is 2.40. The average Bonchev–Trinajstić information content (AvgIpc) is 3.20. The van der Waals surface area contributed by atoms with Gasteiger partial charge in [0.05, 0.1) is 22.5 Å². The third-order valence-corrected chi connectivity index (χ3v) is 9.18. The van der Waals surface area contributed by atoms with Gasteiger partial charge in [-0.2, -0.15) is 13.2 Å². The second-order valence-electron chi connectivity index (χ2n) is 12.1. The Morgan fingerprint density at radius 1 is 1.10 bits per heavy atom. The zero-order valence-electron chi connectivity index (χ0n) is 23.8. The fraction of sp³-hybridized carbons (Fsp3) is 0.621. The lowest BCUT2D eigenvalue weighted by Gasteiger charge is -2.29. The smallest absolute Gasteiger partial charge is 0.421 e. The van der Waals surface area contributed by atoms with E-state index in [-0.39, 0.29) is 49.1 Å². The van der Waals surface area contributed by atoms with Crippen LogP contribution < -0.4 is 10.0 Å². The molecular formula is C29H38F5N3O3S. The molecule has 2 aliphatic rings. The number of nitrogens with one attached hydrogen (secondary N) is 2. The molecule has 41 heavy (non-hydrogen) atoms. The van der Waals surface area contributed by atoms with Crippen molar-refractivity contribution in [1.82, 2.24) is 14.6 Å². The molecule has 4 rings (SSSR count). The average molecular weight is 604 g/mol. The Balaban J connectivity index is 1.74. The number of rotatable bonds is 7. The molecule has 1 saturated heterocycles. The predicted octanol–water partition coefficient (Wildman–Crippen LogP) is 6.63. The summed E-state index contributed by atoms with van der Waals surface area (Å²) in [6, 6.07) is 5.11. The van der Waals surface area contributed by atoms with E-state index in [0.717, 1.165) is 6.07 Å². The summed E-state index contributed by atoms with van der Waals surface area (Å²) in [7, 11) is 0. The number of aromatic nitrogens is 1. The molecule has 1 aliphatic heterocycles. The molecule has 228 valence electrons. The molecule has 1 aromatic carbocycles. The van der Waals surface area contributed by atoms with E-state index in [1.165, 1.54) is 12.1 Å². The maximum Gasteiger partial charge on any atom is 0.421 e. The molecule has 1 aliphatic carbocycles. The van der Waals surface area contributed by atoms with E-state index < -0.39 is 39.5 Å². The number of nitrogens with zero attached hydrogens (tertiary/aromatic N) is 1. The number of carbonyl (C=O) groups is 1. The van der Waals surface area contributed by atoms with Gasteiger partial charge in [0.15, 0.2) is 4.90 Å². The van der Waals surface area contributed by atoms with Gasteiger partial charge in [-0.25, -0.2) is 8.78 Å². The highest BCUT2D eigenvalue weighted by atomic mass is 32.2. The van der Waals surface area contributed by atoms with Crippen molar-refractivity contribution in [2.45, 2.75) is 101 Å². The number of benzene rings is 1. The van der Waals surface area contributed by atoms with Gasteiger partial charge in [0.2, 0.25) is 5.92 Å². The first-order valence-electron chi connectivity index (χ1n) is 13.9. The van der Waals surface area contributed by atoms with Crippen molar-refractivity contribution < 1.29 is 36.0 Å². The normalized spacial score (nSPS) is 19.8. The highest BCUT2D eigenvalue weighted by molar-refractivity contribution is 7.89. The largest absolute Gasteiger partial charge is 0.593 e. The van der Waals surface area contributed by atoms with Crippen LogP contribution >= 0.6 is 0 Å². The minimum atomic E-state index is -4.79. The molecule has 2 aromatic rings. The van der Waals surface area contributed by atoms with E-state index in [2.05, 4.69) is 10.0 Å². The molecule has 1 unspecified atom stereocenters. The third-order valence-electron chi connectivity index (χ3n) is 7.62. The van der Waals surface area contributed by atoms with E-state index in [0.29, 0.717) is 49.6 Å². The zero-order valence-corrected chi connectivity index (χ0v) is 24.6. The topological polar surface area (TPSA) is 78.3 Å². The van der Waals surface area contributed by atoms with Gasteiger partial charge in [0.1, 0.15) is 5.56 Å². The molecule has 0 spiro atoms. The number of alkyl halides is 5. The Hall–Kier alpha value is -2.15. The lowest BCUT2D eigenvalue weighted by atomic mass is 9.86. The molecule has 0 bridgehead atoms. The molecule has 2 fully saturated rings.